The summed E-state index contributed by atoms with van der Waals surface area (Å²) in [7, 11) is 0. The van der Waals surface area contributed by atoms with Crippen molar-refractivity contribution < 1.29 is 24.2 Å². The zero-order chi connectivity index (χ0) is 16.4. The highest BCUT2D eigenvalue weighted by atomic mass is 16.5. The minimum absolute atomic E-state index is 0.0329. The molecule has 0 aliphatic carbocycles. The number of hydrogen-bond donors (Lipinski definition) is 1. The van der Waals surface area contributed by atoms with E-state index in [0.717, 1.165) is 0 Å². The number of carbonyl (C=O) groups excluding carboxylic acids is 2. The van der Waals surface area contributed by atoms with E-state index >= 15 is 0 Å². The van der Waals surface area contributed by atoms with E-state index in [-0.39, 0.29) is 17.2 Å². The number of phenolic OH excluding ortho intramolecular Hbond substituents is 1. The molecule has 0 aliphatic heterocycles. The van der Waals surface area contributed by atoms with Crippen molar-refractivity contribution in [3.05, 3.63) is 18.2 Å². The summed E-state index contributed by atoms with van der Waals surface area (Å²) in [5, 5.41) is 9.85. The highest BCUT2D eigenvalue weighted by molar-refractivity contribution is 5.79. The number of ether oxygens (including phenoxy) is 2. The number of hydrogen-bond acceptors (Lipinski definition) is 5. The van der Waals surface area contributed by atoms with Gasteiger partial charge in [-0.2, -0.15) is 0 Å². The first kappa shape index (κ1) is 17.0. The summed E-state index contributed by atoms with van der Waals surface area (Å²) in [4.78, 5) is 23.5. The van der Waals surface area contributed by atoms with Crippen LogP contribution >= 0.6 is 0 Å². The Morgan fingerprint density at radius 2 is 1.38 bits per heavy atom. The molecule has 5 nitrogen and oxygen atoms in total. The van der Waals surface area contributed by atoms with Crippen LogP contribution in [0.5, 0.6) is 17.2 Å². The fourth-order valence-corrected chi connectivity index (χ4v) is 1.16. The van der Waals surface area contributed by atoms with Crippen molar-refractivity contribution in [2.24, 2.45) is 10.8 Å². The second-order valence-corrected chi connectivity index (χ2v) is 6.91. The molecule has 0 heterocycles. The van der Waals surface area contributed by atoms with E-state index in [1.807, 2.05) is 0 Å². The van der Waals surface area contributed by atoms with E-state index in [2.05, 4.69) is 0 Å². The van der Waals surface area contributed by atoms with Gasteiger partial charge in [0.2, 0.25) is 0 Å². The van der Waals surface area contributed by atoms with Crippen molar-refractivity contribution in [2.75, 3.05) is 0 Å². The van der Waals surface area contributed by atoms with E-state index in [0.29, 0.717) is 0 Å². The lowest BCUT2D eigenvalue weighted by atomic mass is 9.97. The van der Waals surface area contributed by atoms with Crippen molar-refractivity contribution in [3.8, 4) is 17.2 Å². The summed E-state index contributed by atoms with van der Waals surface area (Å²) in [6.07, 6.45) is 0. The molecular formula is C16H22O5. The minimum Gasteiger partial charge on any atom is -0.504 e. The first-order valence-corrected chi connectivity index (χ1v) is 6.69. The lowest BCUT2D eigenvalue weighted by molar-refractivity contribution is -0.144. The molecule has 0 bridgehead atoms. The number of rotatable bonds is 2. The van der Waals surface area contributed by atoms with Gasteiger partial charge in [0.05, 0.1) is 10.8 Å². The Hall–Kier alpha value is -2.04. The van der Waals surface area contributed by atoms with Crippen LogP contribution in [-0.2, 0) is 9.59 Å². The van der Waals surface area contributed by atoms with Gasteiger partial charge in [-0.1, -0.05) is 0 Å². The van der Waals surface area contributed by atoms with Crippen molar-refractivity contribution in [2.45, 2.75) is 41.5 Å². The highest BCUT2D eigenvalue weighted by Gasteiger charge is 2.26. The fraction of sp³-hybridized carbons (Fsp3) is 0.500. The van der Waals surface area contributed by atoms with E-state index in [4.69, 9.17) is 9.47 Å². The van der Waals surface area contributed by atoms with Crippen molar-refractivity contribution in [1.29, 1.82) is 0 Å². The minimum atomic E-state index is -0.677. The normalized spacial score (nSPS) is 11.9. The SMILES string of the molecule is CC(C)(C)C(=O)Oc1ccc(OC(=O)C(C)(C)C)c(O)c1. The Morgan fingerprint density at radius 3 is 1.81 bits per heavy atom. The summed E-state index contributed by atoms with van der Waals surface area (Å²) in [5.74, 6) is -0.904. The average molecular weight is 294 g/mol. The van der Waals surface area contributed by atoms with Gasteiger partial charge in [-0.05, 0) is 53.7 Å². The molecule has 0 aliphatic rings. The molecule has 5 heteroatoms. The monoisotopic (exact) mass is 294 g/mol. The largest absolute Gasteiger partial charge is 0.504 e. The van der Waals surface area contributed by atoms with Crippen LogP contribution in [-0.4, -0.2) is 17.0 Å². The van der Waals surface area contributed by atoms with Gasteiger partial charge >= 0.3 is 11.9 Å². The van der Waals surface area contributed by atoms with Crippen LogP contribution in [0.3, 0.4) is 0 Å². The summed E-state index contributed by atoms with van der Waals surface area (Å²) in [6.45, 7) is 10.3. The molecule has 0 spiro atoms. The van der Waals surface area contributed by atoms with Crippen LogP contribution in [0.15, 0.2) is 18.2 Å². The third kappa shape index (κ3) is 4.77. The third-order valence-electron chi connectivity index (χ3n) is 2.57. The maximum atomic E-state index is 11.8. The molecule has 0 amide bonds. The average Bonchev–Trinajstić information content (AvgIpc) is 2.30. The molecule has 0 atom stereocenters. The summed E-state index contributed by atoms with van der Waals surface area (Å²) >= 11 is 0. The number of aromatic hydroxyl groups is 1. The quantitative estimate of drug-likeness (QED) is 0.669. The zero-order valence-corrected chi connectivity index (χ0v) is 13.3. The lowest BCUT2D eigenvalue weighted by Crippen LogP contribution is -2.26. The molecule has 0 saturated heterocycles. The van der Waals surface area contributed by atoms with E-state index < -0.39 is 22.8 Å². The summed E-state index contributed by atoms with van der Waals surface area (Å²) in [6, 6.07) is 4.10. The fourth-order valence-electron chi connectivity index (χ4n) is 1.16. The predicted molar refractivity (Wildman–Crippen MR) is 78.3 cm³/mol. The standard InChI is InChI=1S/C16H22O5/c1-15(2,3)13(18)20-10-7-8-12(11(17)9-10)21-14(19)16(4,5)6/h7-9,17H,1-6H3. The Bertz CT molecular complexity index is 547. The molecule has 0 unspecified atom stereocenters. The van der Waals surface area contributed by atoms with Gasteiger partial charge in [-0.3, -0.25) is 9.59 Å². The van der Waals surface area contributed by atoms with E-state index in [9.17, 15) is 14.7 Å². The van der Waals surface area contributed by atoms with Crippen molar-refractivity contribution in [1.82, 2.24) is 0 Å². The van der Waals surface area contributed by atoms with Crippen LogP contribution in [0, 0.1) is 10.8 Å². The van der Waals surface area contributed by atoms with Gasteiger partial charge < -0.3 is 14.6 Å². The van der Waals surface area contributed by atoms with Gasteiger partial charge in [0.1, 0.15) is 5.75 Å². The molecule has 0 fully saturated rings. The number of carbonyl (C=O) groups is 2. The lowest BCUT2D eigenvalue weighted by Gasteiger charge is -2.18. The van der Waals surface area contributed by atoms with Gasteiger partial charge in [-0.15, -0.1) is 0 Å². The highest BCUT2D eigenvalue weighted by Crippen LogP contribution is 2.32. The second-order valence-electron chi connectivity index (χ2n) is 6.91. The maximum Gasteiger partial charge on any atom is 0.316 e. The Morgan fingerprint density at radius 1 is 0.905 bits per heavy atom. The molecule has 0 aromatic heterocycles. The van der Waals surface area contributed by atoms with E-state index in [1.165, 1.54) is 18.2 Å². The molecule has 116 valence electrons. The smallest absolute Gasteiger partial charge is 0.316 e. The van der Waals surface area contributed by atoms with Crippen molar-refractivity contribution in [3.63, 3.8) is 0 Å². The predicted octanol–water partition coefficient (Wildman–Crippen LogP) is 3.30. The Kier molecular flexibility index (Phi) is 4.66. The molecule has 21 heavy (non-hydrogen) atoms. The first-order valence-electron chi connectivity index (χ1n) is 6.69. The summed E-state index contributed by atoms with van der Waals surface area (Å²) < 4.78 is 10.3. The molecule has 1 N–H and O–H groups in total. The first-order chi connectivity index (χ1) is 9.41. The van der Waals surface area contributed by atoms with Crippen LogP contribution in [0.2, 0.25) is 0 Å². The summed E-state index contributed by atoms with van der Waals surface area (Å²) in [5.41, 5.74) is -1.32. The van der Waals surface area contributed by atoms with Gasteiger partial charge in [-0.25, -0.2) is 0 Å². The number of phenols is 1. The number of benzene rings is 1. The Balaban J connectivity index is 2.87. The molecule has 0 saturated carbocycles. The van der Waals surface area contributed by atoms with Crippen LogP contribution in [0.25, 0.3) is 0 Å². The topological polar surface area (TPSA) is 72.8 Å². The maximum absolute atomic E-state index is 11.8. The molecule has 1 rings (SSSR count). The van der Waals surface area contributed by atoms with Gasteiger partial charge in [0, 0.05) is 6.07 Å². The molecule has 1 aromatic rings. The molecule has 1 aromatic carbocycles. The third-order valence-corrected chi connectivity index (χ3v) is 2.57. The molecular weight excluding hydrogens is 272 g/mol. The Labute approximate surface area is 124 Å². The van der Waals surface area contributed by atoms with Crippen LogP contribution in [0.1, 0.15) is 41.5 Å². The number of esters is 2. The van der Waals surface area contributed by atoms with Crippen LogP contribution in [0.4, 0.5) is 0 Å². The van der Waals surface area contributed by atoms with E-state index in [1.54, 1.807) is 41.5 Å². The second kappa shape index (κ2) is 5.76. The van der Waals surface area contributed by atoms with Gasteiger partial charge in [0.15, 0.2) is 11.5 Å². The van der Waals surface area contributed by atoms with Crippen molar-refractivity contribution >= 4 is 11.9 Å². The molecule has 0 radical (unpaired) electrons. The van der Waals surface area contributed by atoms with Gasteiger partial charge in [0.25, 0.3) is 0 Å². The zero-order valence-electron chi connectivity index (χ0n) is 13.3. The van der Waals surface area contributed by atoms with Crippen LogP contribution < -0.4 is 9.47 Å².